The van der Waals surface area contributed by atoms with Gasteiger partial charge in [0.2, 0.25) is 11.8 Å². The predicted molar refractivity (Wildman–Crippen MR) is 107 cm³/mol. The Balaban J connectivity index is 1.44. The topological polar surface area (TPSA) is 52.7 Å². The fourth-order valence-corrected chi connectivity index (χ4v) is 4.20. The standard InChI is InChI=1S/C20H27BrFN3O2/c21-16-5-6-18(17(22)13-16)23-19(26)14-24-11-7-15(8-12-24)20(27)25-9-3-1-2-4-10-25/h5-6,13,15H,1-4,7-12,14H2,(H,23,26). The van der Waals surface area contributed by atoms with Crippen molar-refractivity contribution in [3.63, 3.8) is 0 Å². The number of hydrogen-bond donors (Lipinski definition) is 1. The molecule has 1 aromatic carbocycles. The maximum atomic E-state index is 13.8. The molecule has 2 aliphatic heterocycles. The van der Waals surface area contributed by atoms with Gasteiger partial charge in [0.25, 0.3) is 0 Å². The molecule has 2 saturated heterocycles. The van der Waals surface area contributed by atoms with Gasteiger partial charge in [0, 0.05) is 23.5 Å². The zero-order valence-electron chi connectivity index (χ0n) is 15.6. The molecule has 0 radical (unpaired) electrons. The predicted octanol–water partition coefficient (Wildman–Crippen LogP) is 3.64. The van der Waals surface area contributed by atoms with Gasteiger partial charge in [-0.3, -0.25) is 14.5 Å². The second-order valence-corrected chi connectivity index (χ2v) is 8.38. The van der Waals surface area contributed by atoms with Crippen LogP contribution in [0.3, 0.4) is 0 Å². The van der Waals surface area contributed by atoms with Crippen LogP contribution in [0, 0.1) is 11.7 Å². The average molecular weight is 440 g/mol. The number of rotatable bonds is 4. The smallest absolute Gasteiger partial charge is 0.238 e. The summed E-state index contributed by atoms with van der Waals surface area (Å²) in [6, 6.07) is 4.57. The van der Waals surface area contributed by atoms with Gasteiger partial charge in [0.15, 0.2) is 0 Å². The SMILES string of the molecule is O=C(CN1CCC(C(=O)N2CCCCCC2)CC1)Nc1ccc(Br)cc1F. The number of piperidine rings is 1. The quantitative estimate of drug-likeness (QED) is 0.778. The van der Waals surface area contributed by atoms with Gasteiger partial charge in [-0.2, -0.15) is 0 Å². The monoisotopic (exact) mass is 439 g/mol. The minimum Gasteiger partial charge on any atom is -0.342 e. The summed E-state index contributed by atoms with van der Waals surface area (Å²) >= 11 is 3.20. The number of likely N-dealkylation sites (tertiary alicyclic amines) is 2. The average Bonchev–Trinajstić information content (AvgIpc) is 2.93. The molecule has 0 saturated carbocycles. The minimum atomic E-state index is -0.459. The number of carbonyl (C=O) groups excluding carboxylic acids is 2. The zero-order valence-corrected chi connectivity index (χ0v) is 17.1. The first-order valence-electron chi connectivity index (χ1n) is 9.79. The van der Waals surface area contributed by atoms with Crippen molar-refractivity contribution in [2.45, 2.75) is 38.5 Å². The lowest BCUT2D eigenvalue weighted by Crippen LogP contribution is -2.44. The Morgan fingerprint density at radius 1 is 1.07 bits per heavy atom. The van der Waals surface area contributed by atoms with E-state index in [2.05, 4.69) is 21.2 Å². The first kappa shape index (κ1) is 20.3. The van der Waals surface area contributed by atoms with Crippen LogP contribution in [0.4, 0.5) is 10.1 Å². The molecule has 3 rings (SSSR count). The minimum absolute atomic E-state index is 0.0753. The summed E-state index contributed by atoms with van der Waals surface area (Å²) in [7, 11) is 0. The number of hydrogen-bond acceptors (Lipinski definition) is 3. The Labute approximate surface area is 168 Å². The summed E-state index contributed by atoms with van der Waals surface area (Å²) in [4.78, 5) is 29.0. The summed E-state index contributed by atoms with van der Waals surface area (Å²) in [5, 5.41) is 2.63. The molecule has 1 aromatic rings. The fraction of sp³-hybridized carbons (Fsp3) is 0.600. The fourth-order valence-electron chi connectivity index (χ4n) is 3.87. The van der Waals surface area contributed by atoms with Crippen LogP contribution in [0.1, 0.15) is 38.5 Å². The maximum absolute atomic E-state index is 13.8. The van der Waals surface area contributed by atoms with E-state index in [1.165, 1.54) is 18.9 Å². The highest BCUT2D eigenvalue weighted by molar-refractivity contribution is 9.10. The molecule has 148 valence electrons. The molecule has 2 amide bonds. The van der Waals surface area contributed by atoms with Crippen molar-refractivity contribution in [1.82, 2.24) is 9.80 Å². The summed E-state index contributed by atoms with van der Waals surface area (Å²) in [6.45, 7) is 3.45. The van der Waals surface area contributed by atoms with Gasteiger partial charge in [-0.25, -0.2) is 4.39 Å². The van der Waals surface area contributed by atoms with Crippen molar-refractivity contribution in [3.8, 4) is 0 Å². The Morgan fingerprint density at radius 2 is 1.74 bits per heavy atom. The Hall–Kier alpha value is -1.47. The lowest BCUT2D eigenvalue weighted by Gasteiger charge is -2.33. The Bertz CT molecular complexity index is 669. The molecule has 0 unspecified atom stereocenters. The van der Waals surface area contributed by atoms with Crippen LogP contribution < -0.4 is 5.32 Å². The third-order valence-electron chi connectivity index (χ3n) is 5.43. The first-order chi connectivity index (χ1) is 13.0. The van der Waals surface area contributed by atoms with Gasteiger partial charge in [0.05, 0.1) is 12.2 Å². The molecule has 0 aromatic heterocycles. The number of benzene rings is 1. The third kappa shape index (κ3) is 5.75. The van der Waals surface area contributed by atoms with Crippen LogP contribution in [0.15, 0.2) is 22.7 Å². The second-order valence-electron chi connectivity index (χ2n) is 7.46. The van der Waals surface area contributed by atoms with E-state index in [1.807, 2.05) is 9.80 Å². The van der Waals surface area contributed by atoms with Gasteiger partial charge in [-0.05, 0) is 57.0 Å². The Morgan fingerprint density at radius 3 is 2.37 bits per heavy atom. The van der Waals surface area contributed by atoms with E-state index in [9.17, 15) is 14.0 Å². The van der Waals surface area contributed by atoms with Crippen molar-refractivity contribution in [1.29, 1.82) is 0 Å². The molecule has 0 spiro atoms. The molecule has 0 bridgehead atoms. The van der Waals surface area contributed by atoms with Crippen LogP contribution in [0.5, 0.6) is 0 Å². The largest absolute Gasteiger partial charge is 0.342 e. The normalized spacial score (nSPS) is 19.6. The van der Waals surface area contributed by atoms with Gasteiger partial charge in [-0.15, -0.1) is 0 Å². The van der Waals surface area contributed by atoms with Gasteiger partial charge in [-0.1, -0.05) is 28.8 Å². The van der Waals surface area contributed by atoms with Crippen LogP contribution >= 0.6 is 15.9 Å². The van der Waals surface area contributed by atoms with Gasteiger partial charge < -0.3 is 10.2 Å². The van der Waals surface area contributed by atoms with E-state index in [0.29, 0.717) is 4.47 Å². The van der Waals surface area contributed by atoms with Crippen molar-refractivity contribution in [2.75, 3.05) is 38.0 Å². The van der Waals surface area contributed by atoms with Crippen LogP contribution in [0.2, 0.25) is 0 Å². The first-order valence-corrected chi connectivity index (χ1v) is 10.6. The molecule has 0 aliphatic carbocycles. The van der Waals surface area contributed by atoms with Crippen molar-refractivity contribution in [3.05, 3.63) is 28.5 Å². The molecule has 1 N–H and O–H groups in total. The van der Waals surface area contributed by atoms with E-state index in [0.717, 1.165) is 51.9 Å². The summed E-state index contributed by atoms with van der Waals surface area (Å²) in [6.07, 6.45) is 6.23. The highest BCUT2D eigenvalue weighted by atomic mass is 79.9. The highest BCUT2D eigenvalue weighted by Gasteiger charge is 2.29. The Kier molecular flexibility index (Phi) is 7.24. The van der Waals surface area contributed by atoms with Gasteiger partial charge >= 0.3 is 0 Å². The number of nitrogens with zero attached hydrogens (tertiary/aromatic N) is 2. The number of halogens is 2. The van der Waals surface area contributed by atoms with Crippen LogP contribution in [0.25, 0.3) is 0 Å². The third-order valence-corrected chi connectivity index (χ3v) is 5.92. The molecular formula is C20H27BrFN3O2. The summed E-state index contributed by atoms with van der Waals surface area (Å²) in [5.74, 6) is -0.322. The summed E-state index contributed by atoms with van der Waals surface area (Å²) in [5.41, 5.74) is 0.189. The molecule has 2 aliphatic rings. The summed E-state index contributed by atoms with van der Waals surface area (Å²) < 4.78 is 14.5. The lowest BCUT2D eigenvalue weighted by atomic mass is 9.95. The number of amides is 2. The molecule has 0 atom stereocenters. The second kappa shape index (κ2) is 9.64. The van der Waals surface area contributed by atoms with E-state index < -0.39 is 5.82 Å². The van der Waals surface area contributed by atoms with Crippen LogP contribution in [-0.2, 0) is 9.59 Å². The molecule has 27 heavy (non-hydrogen) atoms. The van der Waals surface area contributed by atoms with E-state index in [1.54, 1.807) is 12.1 Å². The molecule has 7 heteroatoms. The number of anilines is 1. The van der Waals surface area contributed by atoms with Crippen LogP contribution in [-0.4, -0.2) is 54.3 Å². The van der Waals surface area contributed by atoms with Crippen molar-refractivity contribution < 1.29 is 14.0 Å². The maximum Gasteiger partial charge on any atom is 0.238 e. The highest BCUT2D eigenvalue weighted by Crippen LogP contribution is 2.22. The van der Waals surface area contributed by atoms with Crippen molar-refractivity contribution in [2.24, 2.45) is 5.92 Å². The van der Waals surface area contributed by atoms with Gasteiger partial charge in [0.1, 0.15) is 5.82 Å². The molecular weight excluding hydrogens is 413 g/mol. The molecule has 2 fully saturated rings. The number of nitrogens with one attached hydrogen (secondary N) is 1. The van der Waals surface area contributed by atoms with E-state index in [4.69, 9.17) is 0 Å². The molecule has 2 heterocycles. The molecule has 5 nitrogen and oxygen atoms in total. The van der Waals surface area contributed by atoms with E-state index >= 15 is 0 Å². The van der Waals surface area contributed by atoms with Crippen molar-refractivity contribution >= 4 is 33.4 Å². The van der Waals surface area contributed by atoms with E-state index in [-0.39, 0.29) is 30.0 Å². The number of carbonyl (C=O) groups is 2. The zero-order chi connectivity index (χ0) is 19.2. The lowest BCUT2D eigenvalue weighted by molar-refractivity contribution is -0.137.